The fourth-order valence-electron chi connectivity index (χ4n) is 2.02. The molecule has 0 saturated carbocycles. The number of hydrogen-bond acceptors (Lipinski definition) is 4. The Morgan fingerprint density at radius 1 is 1.04 bits per heavy atom. The maximum atomic E-state index is 11.5. The third-order valence-corrected chi connectivity index (χ3v) is 2.98. The Balaban J connectivity index is 2.00. The largest absolute Gasteiger partial charge is 0.354 e. The quantitative estimate of drug-likeness (QED) is 0.762. The smallest absolute Gasteiger partial charge is 0.225 e. The van der Waals surface area contributed by atoms with Crippen molar-refractivity contribution in [1.82, 2.24) is 4.98 Å². The summed E-state index contributed by atoms with van der Waals surface area (Å²) < 4.78 is 0. The number of nitrogens with one attached hydrogen (secondary N) is 3. The highest BCUT2D eigenvalue weighted by Gasteiger charge is 2.03. The minimum absolute atomic E-state index is 0.0382. The zero-order valence-electron chi connectivity index (χ0n) is 13.2. The molecule has 120 valence electrons. The van der Waals surface area contributed by atoms with E-state index in [9.17, 15) is 9.59 Å². The molecule has 6 nitrogen and oxygen atoms in total. The second kappa shape index (κ2) is 7.93. The summed E-state index contributed by atoms with van der Waals surface area (Å²) in [6, 6.07) is 11.0. The van der Waals surface area contributed by atoms with Gasteiger partial charge >= 0.3 is 0 Å². The van der Waals surface area contributed by atoms with E-state index in [-0.39, 0.29) is 11.8 Å². The lowest BCUT2D eigenvalue weighted by atomic mass is 10.2. The molecule has 0 atom stereocenters. The summed E-state index contributed by atoms with van der Waals surface area (Å²) in [5.74, 6) is 0.376. The Morgan fingerprint density at radius 3 is 2.48 bits per heavy atom. The summed E-state index contributed by atoms with van der Waals surface area (Å²) in [5, 5.41) is 8.67. The van der Waals surface area contributed by atoms with E-state index in [1.165, 1.54) is 6.92 Å². The van der Waals surface area contributed by atoms with Gasteiger partial charge in [-0.3, -0.25) is 9.59 Å². The lowest BCUT2D eigenvalue weighted by molar-refractivity contribution is -0.116. The fraction of sp³-hybridized carbons (Fsp3) is 0.235. The van der Waals surface area contributed by atoms with Gasteiger partial charge in [-0.2, -0.15) is 0 Å². The minimum atomic E-state index is -0.115. The molecule has 1 aromatic heterocycles. The van der Waals surface area contributed by atoms with E-state index in [1.54, 1.807) is 12.3 Å². The first-order valence-electron chi connectivity index (χ1n) is 7.47. The van der Waals surface area contributed by atoms with Crippen LogP contribution in [0.1, 0.15) is 26.7 Å². The van der Waals surface area contributed by atoms with Crippen LogP contribution in [-0.2, 0) is 9.59 Å². The van der Waals surface area contributed by atoms with Crippen LogP contribution in [0.25, 0.3) is 0 Å². The highest BCUT2D eigenvalue weighted by molar-refractivity contribution is 5.90. The molecule has 0 aliphatic rings. The van der Waals surface area contributed by atoms with Crippen molar-refractivity contribution in [1.29, 1.82) is 0 Å². The molecule has 6 heteroatoms. The SMILES string of the molecule is CCCC(=O)Nc1ccc(Nc2cccc(NC(C)=O)c2)cn1. The normalized spacial score (nSPS) is 10.0. The minimum Gasteiger partial charge on any atom is -0.354 e. The number of benzene rings is 1. The van der Waals surface area contributed by atoms with E-state index >= 15 is 0 Å². The Kier molecular flexibility index (Phi) is 5.68. The summed E-state index contributed by atoms with van der Waals surface area (Å²) >= 11 is 0. The van der Waals surface area contributed by atoms with Crippen molar-refractivity contribution in [3.05, 3.63) is 42.6 Å². The summed E-state index contributed by atoms with van der Waals surface area (Å²) in [7, 11) is 0. The topological polar surface area (TPSA) is 83.1 Å². The van der Waals surface area contributed by atoms with Gasteiger partial charge in [-0.05, 0) is 36.8 Å². The van der Waals surface area contributed by atoms with Crippen LogP contribution in [0.2, 0.25) is 0 Å². The van der Waals surface area contributed by atoms with Crippen LogP contribution >= 0.6 is 0 Å². The monoisotopic (exact) mass is 312 g/mol. The summed E-state index contributed by atoms with van der Waals surface area (Å²) in [6.07, 6.45) is 2.93. The van der Waals surface area contributed by atoms with Gasteiger partial charge in [0.2, 0.25) is 11.8 Å². The van der Waals surface area contributed by atoms with Crippen molar-refractivity contribution in [2.24, 2.45) is 0 Å². The molecular formula is C17H20N4O2. The molecule has 2 rings (SSSR count). The van der Waals surface area contributed by atoms with Crippen molar-refractivity contribution < 1.29 is 9.59 Å². The van der Waals surface area contributed by atoms with E-state index in [0.29, 0.717) is 12.2 Å². The number of carbonyl (C=O) groups is 2. The molecule has 0 bridgehead atoms. The lowest BCUT2D eigenvalue weighted by Gasteiger charge is -2.09. The first kappa shape index (κ1) is 16.5. The lowest BCUT2D eigenvalue weighted by Crippen LogP contribution is -2.11. The zero-order valence-corrected chi connectivity index (χ0v) is 13.2. The molecule has 2 aromatic rings. The summed E-state index contributed by atoms with van der Waals surface area (Å²) in [5.41, 5.74) is 2.35. The van der Waals surface area contributed by atoms with E-state index in [4.69, 9.17) is 0 Å². The number of pyridine rings is 1. The van der Waals surface area contributed by atoms with Crippen LogP contribution in [0.15, 0.2) is 42.6 Å². The molecule has 0 fully saturated rings. The van der Waals surface area contributed by atoms with Crippen molar-refractivity contribution in [2.45, 2.75) is 26.7 Å². The number of hydrogen-bond donors (Lipinski definition) is 3. The van der Waals surface area contributed by atoms with Gasteiger partial charge in [0.15, 0.2) is 0 Å². The number of nitrogens with zero attached hydrogens (tertiary/aromatic N) is 1. The Labute approximate surface area is 135 Å². The summed E-state index contributed by atoms with van der Waals surface area (Å²) in [6.45, 7) is 3.42. The summed E-state index contributed by atoms with van der Waals surface area (Å²) in [4.78, 5) is 26.8. The van der Waals surface area contributed by atoms with Crippen LogP contribution in [0.5, 0.6) is 0 Å². The van der Waals surface area contributed by atoms with Crippen molar-refractivity contribution in [2.75, 3.05) is 16.0 Å². The number of anilines is 4. The number of rotatable bonds is 6. The Bertz CT molecular complexity index is 683. The van der Waals surface area contributed by atoms with Crippen molar-refractivity contribution in [3.63, 3.8) is 0 Å². The molecule has 1 heterocycles. The molecule has 2 amide bonds. The molecule has 0 unspecified atom stereocenters. The number of amides is 2. The van der Waals surface area contributed by atoms with Gasteiger partial charge in [0, 0.05) is 24.7 Å². The standard InChI is InChI=1S/C17H20N4O2/c1-3-5-17(23)21-16-9-8-15(11-18-16)20-14-7-4-6-13(10-14)19-12(2)22/h4,6-11,20H,3,5H2,1-2H3,(H,19,22)(H,18,21,23). The molecule has 0 spiro atoms. The van der Waals surface area contributed by atoms with Gasteiger partial charge in [-0.15, -0.1) is 0 Å². The maximum absolute atomic E-state index is 11.5. The van der Waals surface area contributed by atoms with Gasteiger partial charge in [-0.25, -0.2) is 4.98 Å². The zero-order chi connectivity index (χ0) is 16.7. The second-order valence-corrected chi connectivity index (χ2v) is 5.12. The van der Waals surface area contributed by atoms with Crippen LogP contribution < -0.4 is 16.0 Å². The number of carbonyl (C=O) groups excluding carboxylic acids is 2. The van der Waals surface area contributed by atoms with Gasteiger partial charge in [0.25, 0.3) is 0 Å². The first-order chi connectivity index (χ1) is 11.1. The van der Waals surface area contributed by atoms with Crippen LogP contribution in [0, 0.1) is 0 Å². The average molecular weight is 312 g/mol. The maximum Gasteiger partial charge on any atom is 0.225 e. The third kappa shape index (κ3) is 5.43. The molecule has 0 aliphatic carbocycles. The predicted octanol–water partition coefficient (Wildman–Crippen LogP) is 3.52. The molecule has 0 radical (unpaired) electrons. The molecule has 3 N–H and O–H groups in total. The first-order valence-corrected chi connectivity index (χ1v) is 7.47. The van der Waals surface area contributed by atoms with E-state index in [2.05, 4.69) is 20.9 Å². The van der Waals surface area contributed by atoms with E-state index in [0.717, 1.165) is 23.5 Å². The predicted molar refractivity (Wildman–Crippen MR) is 91.8 cm³/mol. The highest BCUT2D eigenvalue weighted by Crippen LogP contribution is 2.20. The average Bonchev–Trinajstić information content (AvgIpc) is 2.49. The molecule has 0 saturated heterocycles. The Hall–Kier alpha value is -2.89. The molecule has 1 aromatic carbocycles. The second-order valence-electron chi connectivity index (χ2n) is 5.12. The molecule has 0 aliphatic heterocycles. The van der Waals surface area contributed by atoms with Gasteiger partial charge in [0.1, 0.15) is 5.82 Å². The van der Waals surface area contributed by atoms with Crippen molar-refractivity contribution >= 4 is 34.7 Å². The van der Waals surface area contributed by atoms with E-state index < -0.39 is 0 Å². The number of aromatic nitrogens is 1. The Morgan fingerprint density at radius 2 is 1.83 bits per heavy atom. The third-order valence-electron chi connectivity index (χ3n) is 2.98. The highest BCUT2D eigenvalue weighted by atomic mass is 16.2. The molecular weight excluding hydrogens is 292 g/mol. The van der Waals surface area contributed by atoms with Crippen LogP contribution in [-0.4, -0.2) is 16.8 Å². The molecule has 23 heavy (non-hydrogen) atoms. The van der Waals surface area contributed by atoms with Crippen LogP contribution in [0.4, 0.5) is 22.9 Å². The van der Waals surface area contributed by atoms with E-state index in [1.807, 2.05) is 37.3 Å². The van der Waals surface area contributed by atoms with Gasteiger partial charge < -0.3 is 16.0 Å². The van der Waals surface area contributed by atoms with Gasteiger partial charge in [0.05, 0.1) is 11.9 Å². The fourth-order valence-corrected chi connectivity index (χ4v) is 2.02. The van der Waals surface area contributed by atoms with Crippen LogP contribution in [0.3, 0.4) is 0 Å². The van der Waals surface area contributed by atoms with Crippen molar-refractivity contribution in [3.8, 4) is 0 Å². The van der Waals surface area contributed by atoms with Gasteiger partial charge in [-0.1, -0.05) is 13.0 Å².